The van der Waals surface area contributed by atoms with Crippen molar-refractivity contribution in [3.05, 3.63) is 18.2 Å². The fourth-order valence-corrected chi connectivity index (χ4v) is 2.70. The summed E-state index contributed by atoms with van der Waals surface area (Å²) in [5.74, 6) is 0.00431. The molecule has 0 spiro atoms. The lowest BCUT2D eigenvalue weighted by Gasteiger charge is -2.33. The second-order valence-electron chi connectivity index (χ2n) is 5.32. The maximum atomic E-state index is 12.5. The molecule has 0 radical (unpaired) electrons. The molecule has 1 saturated heterocycles. The lowest BCUT2D eigenvalue weighted by molar-refractivity contribution is -0.151. The number of ether oxygens (including phenoxy) is 1. The molecule has 124 valence electrons. The maximum absolute atomic E-state index is 12.5. The van der Waals surface area contributed by atoms with Gasteiger partial charge in [-0.05, 0) is 26.3 Å². The third-order valence-electron chi connectivity index (χ3n) is 3.67. The standard InChI is InChI=1S/C14H20F3N3O2/c1-2-22-13(21)11-5-3-4-7-19(11)9-12-18-6-8-20(12)10-14(15,16)17/h6,8,11H,2-5,7,9-10H2,1H3. The van der Waals surface area contributed by atoms with E-state index < -0.39 is 18.8 Å². The molecule has 0 amide bonds. The number of rotatable bonds is 5. The van der Waals surface area contributed by atoms with E-state index in [1.165, 1.54) is 12.4 Å². The van der Waals surface area contributed by atoms with Crippen molar-refractivity contribution in [3.8, 4) is 0 Å². The van der Waals surface area contributed by atoms with Crippen LogP contribution in [0.25, 0.3) is 0 Å². The molecule has 0 saturated carbocycles. The highest BCUT2D eigenvalue weighted by Gasteiger charge is 2.32. The summed E-state index contributed by atoms with van der Waals surface area (Å²) in [5, 5.41) is 0. The molecule has 0 aliphatic carbocycles. The first-order valence-electron chi connectivity index (χ1n) is 7.38. The highest BCUT2D eigenvalue weighted by molar-refractivity contribution is 5.75. The highest BCUT2D eigenvalue weighted by Crippen LogP contribution is 2.22. The summed E-state index contributed by atoms with van der Waals surface area (Å²) in [4.78, 5) is 17.8. The molecular formula is C14H20F3N3O2. The van der Waals surface area contributed by atoms with Crippen molar-refractivity contribution >= 4 is 5.97 Å². The van der Waals surface area contributed by atoms with Crippen molar-refractivity contribution in [3.63, 3.8) is 0 Å². The molecule has 0 aromatic carbocycles. The number of halogens is 3. The Kier molecular flexibility index (Phi) is 5.44. The van der Waals surface area contributed by atoms with Crippen molar-refractivity contribution in [2.24, 2.45) is 0 Å². The van der Waals surface area contributed by atoms with Gasteiger partial charge in [0, 0.05) is 12.4 Å². The van der Waals surface area contributed by atoms with Crippen molar-refractivity contribution in [2.45, 2.75) is 51.5 Å². The third kappa shape index (κ3) is 4.46. The molecule has 5 nitrogen and oxygen atoms in total. The molecule has 1 aromatic rings. The Morgan fingerprint density at radius 3 is 2.91 bits per heavy atom. The summed E-state index contributed by atoms with van der Waals surface area (Å²) in [6.07, 6.45) is 0.861. The smallest absolute Gasteiger partial charge is 0.406 e. The fraction of sp³-hybridized carbons (Fsp3) is 0.714. The van der Waals surface area contributed by atoms with E-state index in [9.17, 15) is 18.0 Å². The van der Waals surface area contributed by atoms with Crippen LogP contribution >= 0.6 is 0 Å². The molecule has 22 heavy (non-hydrogen) atoms. The number of aromatic nitrogens is 2. The van der Waals surface area contributed by atoms with Gasteiger partial charge in [-0.2, -0.15) is 13.2 Å². The van der Waals surface area contributed by atoms with E-state index in [0.717, 1.165) is 17.4 Å². The van der Waals surface area contributed by atoms with E-state index in [-0.39, 0.29) is 12.5 Å². The van der Waals surface area contributed by atoms with Crippen molar-refractivity contribution < 1.29 is 22.7 Å². The van der Waals surface area contributed by atoms with Gasteiger partial charge >= 0.3 is 12.1 Å². The van der Waals surface area contributed by atoms with Gasteiger partial charge in [-0.25, -0.2) is 4.98 Å². The van der Waals surface area contributed by atoms with Gasteiger partial charge in [-0.3, -0.25) is 9.69 Å². The lowest BCUT2D eigenvalue weighted by atomic mass is 10.0. The van der Waals surface area contributed by atoms with Crippen LogP contribution in [-0.4, -0.2) is 45.8 Å². The second kappa shape index (κ2) is 7.13. The Morgan fingerprint density at radius 2 is 2.23 bits per heavy atom. The minimum atomic E-state index is -4.29. The van der Waals surface area contributed by atoms with Gasteiger partial charge in [0.25, 0.3) is 0 Å². The number of alkyl halides is 3. The first-order chi connectivity index (χ1) is 10.4. The van der Waals surface area contributed by atoms with E-state index in [0.29, 0.717) is 25.4 Å². The van der Waals surface area contributed by atoms with E-state index in [2.05, 4.69) is 4.98 Å². The molecule has 8 heteroatoms. The topological polar surface area (TPSA) is 47.4 Å². The van der Waals surface area contributed by atoms with E-state index in [1.807, 2.05) is 4.90 Å². The summed E-state index contributed by atoms with van der Waals surface area (Å²) < 4.78 is 43.8. The molecule has 1 unspecified atom stereocenters. The first kappa shape index (κ1) is 16.8. The van der Waals surface area contributed by atoms with Crippen LogP contribution < -0.4 is 0 Å². The average Bonchev–Trinajstić information content (AvgIpc) is 2.85. The number of hydrogen-bond acceptors (Lipinski definition) is 4. The van der Waals surface area contributed by atoms with Crippen LogP contribution in [-0.2, 0) is 22.6 Å². The summed E-state index contributed by atoms with van der Waals surface area (Å²) in [5.41, 5.74) is 0. The summed E-state index contributed by atoms with van der Waals surface area (Å²) in [6.45, 7) is 1.84. The summed E-state index contributed by atoms with van der Waals surface area (Å²) >= 11 is 0. The van der Waals surface area contributed by atoms with Gasteiger partial charge in [-0.15, -0.1) is 0 Å². The van der Waals surface area contributed by atoms with Crippen LogP contribution in [0.4, 0.5) is 13.2 Å². The number of imidazole rings is 1. The fourth-order valence-electron chi connectivity index (χ4n) is 2.70. The normalized spacial score (nSPS) is 20.1. The zero-order chi connectivity index (χ0) is 16.2. The predicted molar refractivity (Wildman–Crippen MR) is 73.0 cm³/mol. The predicted octanol–water partition coefficient (Wildman–Crippen LogP) is 2.36. The first-order valence-corrected chi connectivity index (χ1v) is 7.38. The quantitative estimate of drug-likeness (QED) is 0.782. The van der Waals surface area contributed by atoms with E-state index in [4.69, 9.17) is 4.74 Å². The number of esters is 1. The van der Waals surface area contributed by atoms with Crippen LogP contribution in [0.15, 0.2) is 12.4 Å². The zero-order valence-electron chi connectivity index (χ0n) is 12.5. The second-order valence-corrected chi connectivity index (χ2v) is 5.32. The summed E-state index contributed by atoms with van der Waals surface area (Å²) in [7, 11) is 0. The monoisotopic (exact) mass is 319 g/mol. The Hall–Kier alpha value is -1.57. The van der Waals surface area contributed by atoms with Crippen molar-refractivity contribution in [1.29, 1.82) is 0 Å². The SMILES string of the molecule is CCOC(=O)C1CCCCN1Cc1nccn1CC(F)(F)F. The Morgan fingerprint density at radius 1 is 1.45 bits per heavy atom. The molecule has 1 aromatic heterocycles. The molecular weight excluding hydrogens is 299 g/mol. The number of carbonyl (C=O) groups excluding carboxylic acids is 1. The number of likely N-dealkylation sites (tertiary alicyclic amines) is 1. The van der Waals surface area contributed by atoms with Gasteiger partial charge in [0.2, 0.25) is 0 Å². The highest BCUT2D eigenvalue weighted by atomic mass is 19.4. The molecule has 1 aliphatic rings. The Balaban J connectivity index is 2.07. The third-order valence-corrected chi connectivity index (χ3v) is 3.67. The molecule has 0 N–H and O–H groups in total. The Labute approximate surface area is 127 Å². The van der Waals surface area contributed by atoms with Crippen LogP contribution in [0.2, 0.25) is 0 Å². The van der Waals surface area contributed by atoms with Crippen LogP contribution in [0.5, 0.6) is 0 Å². The van der Waals surface area contributed by atoms with Gasteiger partial charge in [0.15, 0.2) is 0 Å². The van der Waals surface area contributed by atoms with E-state index >= 15 is 0 Å². The van der Waals surface area contributed by atoms with Crippen LogP contribution in [0.1, 0.15) is 32.0 Å². The molecule has 1 fully saturated rings. The van der Waals surface area contributed by atoms with Crippen LogP contribution in [0, 0.1) is 0 Å². The van der Waals surface area contributed by atoms with Gasteiger partial charge in [0.05, 0.1) is 13.2 Å². The van der Waals surface area contributed by atoms with Crippen molar-refractivity contribution in [2.75, 3.05) is 13.2 Å². The number of hydrogen-bond donors (Lipinski definition) is 0. The zero-order valence-corrected chi connectivity index (χ0v) is 12.5. The summed E-state index contributed by atoms with van der Waals surface area (Å²) in [6, 6.07) is -0.398. The molecule has 0 bridgehead atoms. The minimum Gasteiger partial charge on any atom is -0.465 e. The lowest BCUT2D eigenvalue weighted by Crippen LogP contribution is -2.45. The van der Waals surface area contributed by atoms with Gasteiger partial charge in [0.1, 0.15) is 18.4 Å². The number of carbonyl (C=O) groups is 1. The minimum absolute atomic E-state index is 0.215. The van der Waals surface area contributed by atoms with Crippen LogP contribution in [0.3, 0.4) is 0 Å². The van der Waals surface area contributed by atoms with Crippen molar-refractivity contribution in [1.82, 2.24) is 14.5 Å². The Bertz CT molecular complexity index is 502. The van der Waals surface area contributed by atoms with Gasteiger partial charge in [-0.1, -0.05) is 6.42 Å². The largest absolute Gasteiger partial charge is 0.465 e. The van der Waals surface area contributed by atoms with E-state index in [1.54, 1.807) is 6.92 Å². The number of piperidine rings is 1. The number of nitrogens with zero attached hydrogens (tertiary/aromatic N) is 3. The molecule has 1 aliphatic heterocycles. The molecule has 2 rings (SSSR count). The maximum Gasteiger partial charge on any atom is 0.406 e. The molecule has 1 atom stereocenters. The molecule has 2 heterocycles. The average molecular weight is 319 g/mol. The van der Waals surface area contributed by atoms with Gasteiger partial charge < -0.3 is 9.30 Å².